The predicted molar refractivity (Wildman–Crippen MR) is 83.8 cm³/mol. The molecule has 7 atom stereocenters. The van der Waals surface area contributed by atoms with Crippen molar-refractivity contribution in [1.29, 1.82) is 0 Å². The topological polar surface area (TPSA) is 149 Å². The molecule has 0 spiro atoms. The second kappa shape index (κ2) is 9.06. The fourth-order valence-electron chi connectivity index (χ4n) is 2.67. The van der Waals surface area contributed by atoms with Crippen LogP contribution in [-0.4, -0.2) is 87.4 Å². The Labute approximate surface area is 153 Å². The number of allylic oxidation sites excluding steroid dienone is 1. The summed E-state index contributed by atoms with van der Waals surface area (Å²) in [5, 5.41) is 58.6. The van der Waals surface area contributed by atoms with Crippen LogP contribution in [0.4, 0.5) is 0 Å². The molecule has 0 radical (unpaired) electrons. The summed E-state index contributed by atoms with van der Waals surface area (Å²) in [5.41, 5.74) is -0.730. The lowest BCUT2D eigenvalue weighted by Gasteiger charge is -2.42. The lowest BCUT2D eigenvalue weighted by atomic mass is 9.87. The van der Waals surface area contributed by atoms with Crippen LogP contribution < -0.4 is 0 Å². The molecule has 1 fully saturated rings. The fraction of sp³-hybridized carbons (Fsp3) is 0.750. The average molecular weight is 368 g/mol. The van der Waals surface area contributed by atoms with Crippen LogP contribution in [0.5, 0.6) is 0 Å². The van der Waals surface area contributed by atoms with Gasteiger partial charge in [-0.1, -0.05) is 6.08 Å². The Morgan fingerprint density at radius 2 is 2.00 bits per heavy atom. The van der Waals surface area contributed by atoms with Crippen LogP contribution in [-0.2, 0) is 14.2 Å². The normalized spacial score (nSPS) is 45.5. The number of rotatable bonds is 6. The fourth-order valence-corrected chi connectivity index (χ4v) is 2.67. The molecule has 0 unspecified atom stereocenters. The Bertz CT molecular complexity index is 675. The molecule has 2 aliphatic heterocycles. The standard InChI is InChI=1S/C16H26O9/c1-2-9-10(3-4-17)8(5-18)7-23-15(9)25-16-14(22)13(21)12(20)11(6-19)24-16/h2,7,10-22H,3-6H2,1H3/b9-2-/t10-,11-,12-,13+,14-,15+,16+/m1/s1/i1D2,4D2,5D2. The van der Waals surface area contributed by atoms with Gasteiger partial charge in [0.15, 0.2) is 6.29 Å². The first-order chi connectivity index (χ1) is 14.2. The van der Waals surface area contributed by atoms with Gasteiger partial charge in [-0.25, -0.2) is 0 Å². The van der Waals surface area contributed by atoms with Crippen molar-refractivity contribution in [3.05, 3.63) is 23.5 Å². The summed E-state index contributed by atoms with van der Waals surface area (Å²) < 4.78 is 60.8. The molecule has 144 valence electrons. The Morgan fingerprint density at radius 3 is 2.60 bits per heavy atom. The minimum Gasteiger partial charge on any atom is -0.468 e. The van der Waals surface area contributed by atoms with E-state index in [4.69, 9.17) is 22.4 Å². The highest BCUT2D eigenvalue weighted by molar-refractivity contribution is 5.25. The zero-order valence-corrected chi connectivity index (χ0v) is 13.1. The van der Waals surface area contributed by atoms with Crippen LogP contribution in [0, 0.1) is 5.92 Å². The van der Waals surface area contributed by atoms with Crippen LogP contribution in [0.15, 0.2) is 23.5 Å². The van der Waals surface area contributed by atoms with Crippen molar-refractivity contribution in [3.63, 3.8) is 0 Å². The van der Waals surface area contributed by atoms with E-state index in [1.54, 1.807) is 0 Å². The molecule has 0 aromatic carbocycles. The van der Waals surface area contributed by atoms with E-state index < -0.39 is 81.5 Å². The zero-order valence-electron chi connectivity index (χ0n) is 19.1. The van der Waals surface area contributed by atoms with E-state index in [0.29, 0.717) is 0 Å². The highest BCUT2D eigenvalue weighted by Gasteiger charge is 2.46. The van der Waals surface area contributed by atoms with Crippen LogP contribution in [0.1, 0.15) is 21.5 Å². The van der Waals surface area contributed by atoms with Crippen molar-refractivity contribution >= 4 is 0 Å². The van der Waals surface area contributed by atoms with Gasteiger partial charge in [0.25, 0.3) is 0 Å². The van der Waals surface area contributed by atoms with Gasteiger partial charge in [0, 0.05) is 20.8 Å². The van der Waals surface area contributed by atoms with Crippen LogP contribution in [0.2, 0.25) is 0 Å². The van der Waals surface area contributed by atoms with E-state index in [2.05, 4.69) is 0 Å². The van der Waals surface area contributed by atoms with Gasteiger partial charge in [-0.3, -0.25) is 0 Å². The van der Waals surface area contributed by atoms with Gasteiger partial charge in [-0.15, -0.1) is 0 Å². The van der Waals surface area contributed by atoms with Gasteiger partial charge in [0.1, 0.15) is 24.4 Å². The molecule has 0 aromatic rings. The number of aliphatic hydroxyl groups excluding tert-OH is 4. The first-order valence-corrected chi connectivity index (χ1v) is 7.48. The van der Waals surface area contributed by atoms with Gasteiger partial charge in [0.05, 0.1) is 24.9 Å². The number of hydrogen-bond acceptors (Lipinski definition) is 9. The molecule has 2 aliphatic rings. The summed E-state index contributed by atoms with van der Waals surface area (Å²) in [6.07, 6.45) is -9.01. The maximum absolute atomic E-state index is 10.1. The summed E-state index contributed by atoms with van der Waals surface area (Å²) in [4.78, 5) is 0. The summed E-state index contributed by atoms with van der Waals surface area (Å²) in [6, 6.07) is 0. The Hall–Kier alpha value is -1.04. The van der Waals surface area contributed by atoms with E-state index in [9.17, 15) is 30.6 Å². The van der Waals surface area contributed by atoms with Gasteiger partial charge in [0.2, 0.25) is 6.29 Å². The van der Waals surface area contributed by atoms with Gasteiger partial charge in [-0.05, 0) is 18.9 Å². The molecule has 1 saturated heterocycles. The quantitative estimate of drug-likeness (QED) is 0.292. The van der Waals surface area contributed by atoms with Crippen LogP contribution in [0.25, 0.3) is 0 Å². The molecule has 9 heteroatoms. The summed E-state index contributed by atoms with van der Waals surface area (Å²) in [5.74, 6) is -1.41. The zero-order chi connectivity index (χ0) is 23.7. The molecule has 2 heterocycles. The number of ether oxygens (including phenoxy) is 3. The van der Waals surface area contributed by atoms with Crippen molar-refractivity contribution in [3.8, 4) is 0 Å². The van der Waals surface area contributed by atoms with Crippen LogP contribution >= 0.6 is 0 Å². The summed E-state index contributed by atoms with van der Waals surface area (Å²) >= 11 is 0. The smallest absolute Gasteiger partial charge is 0.224 e. The second-order valence-electron chi connectivity index (χ2n) is 5.57. The Balaban J connectivity index is 2.41. The molecule has 0 bridgehead atoms. The third-order valence-corrected chi connectivity index (χ3v) is 4.09. The summed E-state index contributed by atoms with van der Waals surface area (Å²) in [7, 11) is 0. The molecule has 0 saturated carbocycles. The maximum Gasteiger partial charge on any atom is 0.224 e. The largest absolute Gasteiger partial charge is 0.468 e. The highest BCUT2D eigenvalue weighted by Crippen LogP contribution is 2.34. The highest BCUT2D eigenvalue weighted by atomic mass is 16.8. The van der Waals surface area contributed by atoms with Gasteiger partial charge >= 0.3 is 0 Å². The number of hydrogen-bond donors (Lipinski definition) is 6. The first-order valence-electron chi connectivity index (χ1n) is 10.6. The summed E-state index contributed by atoms with van der Waals surface area (Å²) in [6.45, 7) is -8.26. The molecule has 0 amide bonds. The van der Waals surface area contributed by atoms with Crippen molar-refractivity contribution in [2.75, 3.05) is 19.7 Å². The lowest BCUT2D eigenvalue weighted by Crippen LogP contribution is -2.60. The molecule has 9 nitrogen and oxygen atoms in total. The van der Waals surface area contributed by atoms with E-state index in [-0.39, 0.29) is 5.57 Å². The van der Waals surface area contributed by atoms with Crippen molar-refractivity contribution in [1.82, 2.24) is 0 Å². The minimum atomic E-state index is -3.01. The molecular formula is C16H26O9. The van der Waals surface area contributed by atoms with Crippen molar-refractivity contribution < 1.29 is 53.1 Å². The lowest BCUT2D eigenvalue weighted by molar-refractivity contribution is -0.327. The first kappa shape index (κ1) is 13.2. The average Bonchev–Trinajstić information content (AvgIpc) is 2.62. The Morgan fingerprint density at radius 1 is 1.24 bits per heavy atom. The van der Waals surface area contributed by atoms with E-state index >= 15 is 0 Å². The minimum absolute atomic E-state index is 0.222. The van der Waals surface area contributed by atoms with Crippen LogP contribution in [0.3, 0.4) is 0 Å². The third-order valence-electron chi connectivity index (χ3n) is 4.09. The maximum atomic E-state index is 10.1. The van der Waals surface area contributed by atoms with Crippen molar-refractivity contribution in [2.45, 2.75) is 50.3 Å². The Kier molecular flexibility index (Phi) is 4.78. The SMILES string of the molecule is [2H]C([2H])/C=C1\[C@H](O[C@@H]2O[C@H](CO)[C@@H](O)[C@H](O)[C@H]2O)OC=C(C([2H])([2H])O)[C@H]1CC([2H])([2H])O. The molecule has 0 aromatic heterocycles. The van der Waals surface area contributed by atoms with Gasteiger partial charge in [-0.2, -0.15) is 0 Å². The third kappa shape index (κ3) is 4.21. The van der Waals surface area contributed by atoms with Gasteiger partial charge < -0.3 is 44.8 Å². The number of aliphatic hydroxyl groups is 6. The van der Waals surface area contributed by atoms with E-state index in [1.807, 2.05) is 0 Å². The molecule has 0 aliphatic carbocycles. The van der Waals surface area contributed by atoms with E-state index in [1.165, 1.54) is 0 Å². The molecule has 6 N–H and O–H groups in total. The molecule has 25 heavy (non-hydrogen) atoms. The predicted octanol–water partition coefficient (Wildman–Crippen LogP) is -2.02. The van der Waals surface area contributed by atoms with E-state index in [0.717, 1.165) is 12.3 Å². The second-order valence-corrected chi connectivity index (χ2v) is 5.57. The molecule has 2 rings (SSSR count). The monoisotopic (exact) mass is 368 g/mol. The molecular weight excluding hydrogens is 336 g/mol. The van der Waals surface area contributed by atoms with Crippen molar-refractivity contribution in [2.24, 2.45) is 5.92 Å².